The highest BCUT2D eigenvalue weighted by atomic mass is 31.2. The minimum absolute atomic E-state index is 0.0681. The van der Waals surface area contributed by atoms with Crippen LogP contribution in [0.2, 0.25) is 0 Å². The molecule has 0 aliphatic rings. The van der Waals surface area contributed by atoms with E-state index in [-0.39, 0.29) is 28.1 Å². The fourth-order valence-electron chi connectivity index (χ4n) is 20.5. The van der Waals surface area contributed by atoms with Gasteiger partial charge in [-0.15, -0.1) is 0 Å². The zero-order valence-corrected chi connectivity index (χ0v) is 98.2. The lowest BCUT2D eigenvalue weighted by Gasteiger charge is -2.33. The second-order valence-electron chi connectivity index (χ2n) is 46.0. The van der Waals surface area contributed by atoms with Crippen molar-refractivity contribution in [1.82, 2.24) is 0 Å². The van der Waals surface area contributed by atoms with Crippen molar-refractivity contribution in [2.24, 2.45) is 0 Å². The van der Waals surface area contributed by atoms with Crippen LogP contribution in [-0.2, 0) is 49.1 Å². The summed E-state index contributed by atoms with van der Waals surface area (Å²) in [7, 11) is -5.58. The van der Waals surface area contributed by atoms with Gasteiger partial charge in [0.15, 0.2) is 0 Å². The molecule has 0 radical (unpaired) electrons. The monoisotopic (exact) mass is 2020 g/mol. The highest BCUT2D eigenvalue weighted by molar-refractivity contribution is 7.43. The SMILES string of the molecule is CCCCCCCCCCCCCCCCCOP(OCCCCCCCCCCCCCCCCC)Oc1cc(C)c(C(CC(C)c2cc(C(C)(C)C)c(OP(Oc3ccccc3CCCCCCCC)Oc3ccccc3CCCCCCCC)cc2C)c2cc(C(C)(C)C)c(OP(OCCCCCCCCCCCCCCCCC)Oc3ccccc3CCCCCCCC)cc2C)cc1C(C)(C)C. The summed E-state index contributed by atoms with van der Waals surface area (Å²) >= 11 is 0. The lowest BCUT2D eigenvalue weighted by Crippen LogP contribution is -2.19. The highest BCUT2D eigenvalue weighted by Crippen LogP contribution is 2.54. The van der Waals surface area contributed by atoms with Gasteiger partial charge in [0.2, 0.25) is 0 Å². The second kappa shape index (κ2) is 77.6. The molecule has 806 valence electrons. The first-order valence-electron chi connectivity index (χ1n) is 60.0. The normalized spacial score (nSPS) is 12.7. The summed E-state index contributed by atoms with van der Waals surface area (Å²) in [5.41, 5.74) is 13.5. The van der Waals surface area contributed by atoms with E-state index in [2.05, 4.69) is 241 Å². The van der Waals surface area contributed by atoms with Gasteiger partial charge in [-0.25, -0.2) is 0 Å². The Morgan fingerprint density at radius 1 is 0.218 bits per heavy atom. The maximum atomic E-state index is 7.50. The molecular formula is C130H217O9P3. The average Bonchev–Trinajstić information content (AvgIpc) is 0.756. The van der Waals surface area contributed by atoms with Gasteiger partial charge in [-0.1, -0.05) is 550 Å². The van der Waals surface area contributed by atoms with E-state index >= 15 is 0 Å². The molecule has 6 rings (SSSR count). The van der Waals surface area contributed by atoms with E-state index in [1.807, 2.05) is 0 Å². The number of aryl methyl sites for hydroxylation is 6. The summed E-state index contributed by atoms with van der Waals surface area (Å²) in [5.74, 6) is 5.02. The molecule has 0 N–H and O–H groups in total. The molecule has 0 amide bonds. The molecule has 0 aliphatic carbocycles. The van der Waals surface area contributed by atoms with E-state index in [1.165, 1.54) is 397 Å². The number of hydrogen-bond acceptors (Lipinski definition) is 9. The molecule has 0 aromatic heterocycles. The van der Waals surface area contributed by atoms with Crippen LogP contribution >= 0.6 is 25.8 Å². The fourth-order valence-corrected chi connectivity index (χ4v) is 23.7. The Labute approximate surface area is 880 Å². The molecule has 9 nitrogen and oxygen atoms in total. The summed E-state index contributed by atoms with van der Waals surface area (Å²) < 4.78 is 65.1. The summed E-state index contributed by atoms with van der Waals surface area (Å²) in [6.45, 7) is 46.2. The zero-order chi connectivity index (χ0) is 102. The Morgan fingerprint density at radius 2 is 0.415 bits per heavy atom. The molecule has 0 saturated carbocycles. The molecule has 0 bridgehead atoms. The minimum atomic E-state index is -2.00. The maximum absolute atomic E-state index is 7.50. The van der Waals surface area contributed by atoms with Crippen LogP contribution in [0.15, 0.2) is 109 Å². The van der Waals surface area contributed by atoms with Gasteiger partial charge in [0, 0.05) is 22.6 Å². The van der Waals surface area contributed by atoms with Gasteiger partial charge in [0.1, 0.15) is 34.5 Å². The van der Waals surface area contributed by atoms with Crippen molar-refractivity contribution >= 4 is 25.8 Å². The molecule has 142 heavy (non-hydrogen) atoms. The van der Waals surface area contributed by atoms with Crippen molar-refractivity contribution in [3.05, 3.63) is 176 Å². The minimum Gasteiger partial charge on any atom is -0.426 e. The standard InChI is InChI=1S/C130H217O9P3/c1-20-26-32-38-44-47-50-53-56-59-62-65-68-74-86-98-131-140(132-99-87-75-69-66-63-60-57-54-51-48-45-39-33-27-21-2)137-125-103-110(9)116(106-120(125)129(14,15)16)118(117-107-121(130(17,18)19)126(104-111(117)10)138-141(134-122-95-83-80-92-112(122)89-77-71-41-35-29-23-4)133-100-88-76-70-67-64-61-58-55-52-49-46-40-34-28-22-3)101-108(7)115-105-119(128(11,12)13)127(102-109(115)8)139-142(135-123-96-84-81-93-113(123)90-78-72-42-36-30-24-5)136-124-97-85-82-94-114(124)91-79-73-43-37-31-25-6/h80-85,92-97,102-108,118H,20-79,86-91,98-101H2,1-19H3. The Hall–Kier alpha value is -4.71. The number of para-hydroxylation sites is 3. The van der Waals surface area contributed by atoms with Crippen molar-refractivity contribution in [3.8, 4) is 34.5 Å². The van der Waals surface area contributed by atoms with Crippen LogP contribution in [-0.4, -0.2) is 19.8 Å². The van der Waals surface area contributed by atoms with Gasteiger partial charge < -0.3 is 36.2 Å². The van der Waals surface area contributed by atoms with Crippen molar-refractivity contribution < 1.29 is 40.7 Å². The Kier molecular flexibility index (Phi) is 68.8. The summed E-state index contributed by atoms with van der Waals surface area (Å²) in [6.07, 6.45) is 85.4. The molecule has 3 unspecified atom stereocenters. The first-order chi connectivity index (χ1) is 68.9. The Balaban J connectivity index is 1.43. The Bertz CT molecular complexity index is 4020. The predicted octanol–water partition coefficient (Wildman–Crippen LogP) is 45.3. The third-order valence-electron chi connectivity index (χ3n) is 29.6. The molecule has 6 aromatic carbocycles. The Morgan fingerprint density at radius 3 is 0.676 bits per heavy atom. The van der Waals surface area contributed by atoms with Gasteiger partial charge in [-0.3, -0.25) is 4.52 Å². The third kappa shape index (κ3) is 54.1. The van der Waals surface area contributed by atoms with Gasteiger partial charge >= 0.3 is 25.8 Å². The van der Waals surface area contributed by atoms with Crippen LogP contribution < -0.4 is 27.1 Å². The van der Waals surface area contributed by atoms with Crippen molar-refractivity contribution in [2.75, 3.05) is 19.8 Å². The number of unbranched alkanes of at least 4 members (excludes halogenated alkanes) is 57. The van der Waals surface area contributed by atoms with E-state index in [0.717, 1.165) is 135 Å². The second-order valence-corrected chi connectivity index (χ2v) is 49.2. The molecule has 0 fully saturated rings. The van der Waals surface area contributed by atoms with Gasteiger partial charge in [0.05, 0.1) is 19.8 Å². The van der Waals surface area contributed by atoms with Crippen molar-refractivity contribution in [2.45, 2.75) is 590 Å². The average molecular weight is 2020 g/mol. The fraction of sp³-hybridized carbons (Fsp3) is 0.723. The first-order valence-corrected chi connectivity index (χ1v) is 63.3. The molecule has 3 atom stereocenters. The number of rotatable bonds is 89. The van der Waals surface area contributed by atoms with Crippen LogP contribution in [0.3, 0.4) is 0 Å². The largest absolute Gasteiger partial charge is 0.530 e. The predicted molar refractivity (Wildman–Crippen MR) is 622 cm³/mol. The van der Waals surface area contributed by atoms with Gasteiger partial charge in [-0.05, 0) is 194 Å². The van der Waals surface area contributed by atoms with Crippen LogP contribution in [0.4, 0.5) is 0 Å². The van der Waals surface area contributed by atoms with Crippen LogP contribution in [0.25, 0.3) is 0 Å². The smallest absolute Gasteiger partial charge is 0.426 e. The van der Waals surface area contributed by atoms with Crippen LogP contribution in [0, 0.1) is 20.8 Å². The van der Waals surface area contributed by atoms with Crippen LogP contribution in [0.1, 0.15) is 600 Å². The van der Waals surface area contributed by atoms with E-state index in [0.29, 0.717) is 19.8 Å². The highest BCUT2D eigenvalue weighted by Gasteiger charge is 2.35. The molecule has 0 saturated heterocycles. The summed E-state index contributed by atoms with van der Waals surface area (Å²) in [6, 6.07) is 40.5. The van der Waals surface area contributed by atoms with E-state index < -0.39 is 25.8 Å². The molecule has 0 aliphatic heterocycles. The van der Waals surface area contributed by atoms with Gasteiger partial charge in [0.25, 0.3) is 0 Å². The summed E-state index contributed by atoms with van der Waals surface area (Å²) in [5, 5.41) is 0. The van der Waals surface area contributed by atoms with E-state index in [9.17, 15) is 0 Å². The van der Waals surface area contributed by atoms with E-state index in [4.69, 9.17) is 40.7 Å². The zero-order valence-electron chi connectivity index (χ0n) is 95.6. The summed E-state index contributed by atoms with van der Waals surface area (Å²) in [4.78, 5) is 0. The molecule has 0 spiro atoms. The van der Waals surface area contributed by atoms with Gasteiger partial charge in [-0.2, -0.15) is 0 Å². The molecular weight excluding hydrogens is 1800 g/mol. The number of hydrogen-bond donors (Lipinski definition) is 0. The topological polar surface area (TPSA) is 83.1 Å². The maximum Gasteiger partial charge on any atom is 0.530 e. The van der Waals surface area contributed by atoms with Crippen LogP contribution in [0.5, 0.6) is 34.5 Å². The molecule has 0 heterocycles. The van der Waals surface area contributed by atoms with Crippen molar-refractivity contribution in [3.63, 3.8) is 0 Å². The number of benzene rings is 6. The van der Waals surface area contributed by atoms with Crippen molar-refractivity contribution in [1.29, 1.82) is 0 Å². The lowest BCUT2D eigenvalue weighted by atomic mass is 9.74. The lowest BCUT2D eigenvalue weighted by molar-refractivity contribution is 0.197. The third-order valence-corrected chi connectivity index (χ3v) is 32.8. The quantitative estimate of drug-likeness (QED) is 0.0274. The first kappa shape index (κ1) is 126. The van der Waals surface area contributed by atoms with E-state index in [1.54, 1.807) is 0 Å². The molecule has 6 aromatic rings. The molecule has 12 heteroatoms.